The fourth-order valence-electron chi connectivity index (χ4n) is 10.6. The van der Waals surface area contributed by atoms with Crippen LogP contribution in [0.1, 0.15) is 0 Å². The Bertz CT molecular complexity index is 4040. The molecular formula is C66H41NS2. The van der Waals surface area contributed by atoms with E-state index in [2.05, 4.69) is 254 Å². The monoisotopic (exact) mass is 911 g/mol. The zero-order valence-corrected chi connectivity index (χ0v) is 39.1. The lowest BCUT2D eigenvalue weighted by Crippen LogP contribution is -2.10. The highest BCUT2D eigenvalue weighted by molar-refractivity contribution is 7.26. The van der Waals surface area contributed by atoms with Gasteiger partial charge in [-0.2, -0.15) is 0 Å². The molecule has 322 valence electrons. The number of hydrogen-bond donors (Lipinski definition) is 0. The molecule has 0 saturated heterocycles. The van der Waals surface area contributed by atoms with Crippen molar-refractivity contribution in [1.82, 2.24) is 0 Å². The lowest BCUT2D eigenvalue weighted by atomic mass is 9.94. The molecule has 0 spiro atoms. The summed E-state index contributed by atoms with van der Waals surface area (Å²) >= 11 is 3.73. The number of nitrogens with zero attached hydrogens (tertiary/aromatic N) is 1. The second-order valence-corrected chi connectivity index (χ2v) is 20.2. The van der Waals surface area contributed by atoms with Crippen molar-refractivity contribution in [2.45, 2.75) is 0 Å². The van der Waals surface area contributed by atoms with E-state index in [4.69, 9.17) is 0 Å². The van der Waals surface area contributed by atoms with Crippen LogP contribution in [0.5, 0.6) is 0 Å². The maximum absolute atomic E-state index is 2.40. The van der Waals surface area contributed by atoms with Gasteiger partial charge in [0.05, 0.1) is 0 Å². The molecular weight excluding hydrogens is 871 g/mol. The smallest absolute Gasteiger partial charge is 0.0468 e. The molecule has 0 aliphatic heterocycles. The van der Waals surface area contributed by atoms with Crippen LogP contribution in [0.4, 0.5) is 17.1 Å². The van der Waals surface area contributed by atoms with Crippen molar-refractivity contribution in [2.24, 2.45) is 0 Å². The van der Waals surface area contributed by atoms with Crippen LogP contribution in [-0.4, -0.2) is 0 Å². The molecule has 69 heavy (non-hydrogen) atoms. The summed E-state index contributed by atoms with van der Waals surface area (Å²) in [6, 6.07) is 92.0. The van der Waals surface area contributed by atoms with Gasteiger partial charge >= 0.3 is 0 Å². The molecule has 0 unspecified atom stereocenters. The number of benzene rings is 12. The summed E-state index contributed by atoms with van der Waals surface area (Å²) < 4.78 is 5.33. The number of rotatable bonds is 7. The molecule has 2 heterocycles. The van der Waals surface area contributed by atoms with E-state index in [9.17, 15) is 0 Å². The molecule has 0 saturated carbocycles. The normalized spacial score (nSPS) is 11.8. The van der Waals surface area contributed by atoms with Crippen LogP contribution in [0.15, 0.2) is 249 Å². The van der Waals surface area contributed by atoms with Crippen molar-refractivity contribution in [1.29, 1.82) is 0 Å². The van der Waals surface area contributed by atoms with Gasteiger partial charge in [-0.15, -0.1) is 22.7 Å². The maximum Gasteiger partial charge on any atom is 0.0468 e. The van der Waals surface area contributed by atoms with Crippen molar-refractivity contribution in [3.8, 4) is 44.5 Å². The standard InChI is InChI=1S/C66H41NS2/c1-2-11-55-53(9-1)54-10-3-4-12-56(54)60-41-52(35-36-57(55)60)67(50-31-25-44(26-32-50)42-17-21-46(22-18-42)48-29-37-65-61(39-48)58-13-5-7-15-63(58)68-65)51-33-27-45(28-34-51)43-19-23-47(24-20-43)49-30-38-66-62(40-49)59-14-6-8-16-64(59)69-66/h1-41H. The van der Waals surface area contributed by atoms with Crippen molar-refractivity contribution in [3.63, 3.8) is 0 Å². The molecule has 0 amide bonds. The van der Waals surface area contributed by atoms with Crippen LogP contribution < -0.4 is 4.90 Å². The van der Waals surface area contributed by atoms with Gasteiger partial charge in [-0.25, -0.2) is 0 Å². The van der Waals surface area contributed by atoms with Gasteiger partial charge in [0.25, 0.3) is 0 Å². The summed E-state index contributed by atoms with van der Waals surface area (Å²) in [5.74, 6) is 0. The highest BCUT2D eigenvalue weighted by atomic mass is 32.1. The summed E-state index contributed by atoms with van der Waals surface area (Å²) in [4.78, 5) is 2.40. The Balaban J connectivity index is 0.814. The Morgan fingerprint density at radius 1 is 0.188 bits per heavy atom. The van der Waals surface area contributed by atoms with E-state index in [0.29, 0.717) is 0 Å². The first-order chi connectivity index (χ1) is 34.2. The van der Waals surface area contributed by atoms with Gasteiger partial charge in [0.2, 0.25) is 0 Å². The minimum Gasteiger partial charge on any atom is -0.310 e. The Morgan fingerprint density at radius 2 is 0.478 bits per heavy atom. The van der Waals surface area contributed by atoms with E-state index in [-0.39, 0.29) is 0 Å². The first-order valence-electron chi connectivity index (χ1n) is 23.5. The summed E-state index contributed by atoms with van der Waals surface area (Å²) in [7, 11) is 0. The second kappa shape index (κ2) is 16.2. The van der Waals surface area contributed by atoms with Gasteiger partial charge in [-0.1, -0.05) is 176 Å². The summed E-state index contributed by atoms with van der Waals surface area (Å²) in [5.41, 5.74) is 13.0. The number of hydrogen-bond acceptors (Lipinski definition) is 3. The molecule has 2 aromatic heterocycles. The summed E-state index contributed by atoms with van der Waals surface area (Å²) in [6.45, 7) is 0. The van der Waals surface area contributed by atoms with Crippen molar-refractivity contribution < 1.29 is 0 Å². The van der Waals surface area contributed by atoms with E-state index >= 15 is 0 Å². The fourth-order valence-corrected chi connectivity index (χ4v) is 12.8. The Labute approximate surface area is 408 Å². The second-order valence-electron chi connectivity index (χ2n) is 18.0. The zero-order chi connectivity index (χ0) is 45.4. The molecule has 0 atom stereocenters. The largest absolute Gasteiger partial charge is 0.310 e. The average molecular weight is 912 g/mol. The van der Waals surface area contributed by atoms with Gasteiger partial charge in [0.15, 0.2) is 0 Å². The van der Waals surface area contributed by atoms with Gasteiger partial charge in [-0.3, -0.25) is 0 Å². The van der Waals surface area contributed by atoms with Gasteiger partial charge in [0.1, 0.15) is 0 Å². The molecule has 0 aliphatic carbocycles. The Morgan fingerprint density at radius 3 is 0.899 bits per heavy atom. The Hall–Kier alpha value is -8.34. The SMILES string of the molecule is c1ccc2c(c1)sc1ccc(-c3ccc(-c4ccc(N(c5ccc(-c6ccc(-c7ccc8sc9ccccc9c8c7)cc6)cc5)c5ccc6c7ccccc7c7ccccc7c6c5)cc4)cc3)cc12. The summed E-state index contributed by atoms with van der Waals surface area (Å²) in [6.07, 6.45) is 0. The molecule has 12 aromatic carbocycles. The number of fused-ring (bicyclic) bond motifs is 12. The zero-order valence-electron chi connectivity index (χ0n) is 37.4. The van der Waals surface area contributed by atoms with Crippen LogP contribution in [-0.2, 0) is 0 Å². The summed E-state index contributed by atoms with van der Waals surface area (Å²) in [5, 5.41) is 12.9. The van der Waals surface area contributed by atoms with Crippen LogP contribution in [0.25, 0.3) is 117 Å². The van der Waals surface area contributed by atoms with E-state index < -0.39 is 0 Å². The predicted molar refractivity (Wildman–Crippen MR) is 301 cm³/mol. The van der Waals surface area contributed by atoms with Gasteiger partial charge in [0, 0.05) is 57.4 Å². The first-order valence-corrected chi connectivity index (χ1v) is 25.2. The number of thiophene rings is 2. The molecule has 0 aliphatic rings. The molecule has 0 N–H and O–H groups in total. The Kier molecular flexibility index (Phi) is 9.33. The van der Waals surface area contributed by atoms with Crippen LogP contribution in [0.3, 0.4) is 0 Å². The highest BCUT2D eigenvalue weighted by Gasteiger charge is 2.17. The highest BCUT2D eigenvalue weighted by Crippen LogP contribution is 2.43. The lowest BCUT2D eigenvalue weighted by Gasteiger charge is -2.27. The van der Waals surface area contributed by atoms with Crippen LogP contribution >= 0.6 is 22.7 Å². The molecule has 3 heteroatoms. The minimum absolute atomic E-state index is 1.10. The molecule has 1 nitrogen and oxygen atoms in total. The fraction of sp³-hybridized carbons (Fsp3) is 0. The molecule has 14 aromatic rings. The van der Waals surface area contributed by atoms with Crippen molar-refractivity contribution in [2.75, 3.05) is 4.90 Å². The average Bonchev–Trinajstić information content (AvgIpc) is 3.99. The number of anilines is 3. The topological polar surface area (TPSA) is 3.24 Å². The van der Waals surface area contributed by atoms with Gasteiger partial charge in [-0.05, 0) is 150 Å². The van der Waals surface area contributed by atoms with E-state index in [0.717, 1.165) is 17.1 Å². The quantitative estimate of drug-likeness (QED) is 0.144. The third-order valence-corrected chi connectivity index (χ3v) is 16.4. The third kappa shape index (κ3) is 6.81. The maximum atomic E-state index is 2.40. The van der Waals surface area contributed by atoms with Crippen LogP contribution in [0.2, 0.25) is 0 Å². The van der Waals surface area contributed by atoms with E-state index in [1.54, 1.807) is 0 Å². The third-order valence-electron chi connectivity index (χ3n) is 14.1. The lowest BCUT2D eigenvalue weighted by molar-refractivity contribution is 1.29. The van der Waals surface area contributed by atoms with Gasteiger partial charge < -0.3 is 4.90 Å². The van der Waals surface area contributed by atoms with Crippen molar-refractivity contribution in [3.05, 3.63) is 249 Å². The van der Waals surface area contributed by atoms with Crippen LogP contribution in [0, 0.1) is 0 Å². The molecule has 14 rings (SSSR count). The molecule has 0 bridgehead atoms. The first kappa shape index (κ1) is 39.8. The predicted octanol–water partition coefficient (Wildman–Crippen LogP) is 20.0. The van der Waals surface area contributed by atoms with Crippen molar-refractivity contribution >= 4 is 112 Å². The minimum atomic E-state index is 1.10. The van der Waals surface area contributed by atoms with E-state index in [1.165, 1.54) is 117 Å². The molecule has 0 fully saturated rings. The molecule has 0 radical (unpaired) electrons. The van der Waals surface area contributed by atoms with E-state index in [1.807, 2.05) is 22.7 Å².